The van der Waals surface area contributed by atoms with Gasteiger partial charge >= 0.3 is 5.97 Å². The number of imide groups is 2. The van der Waals surface area contributed by atoms with Gasteiger partial charge in [0.05, 0.1) is 143 Å². The zero-order chi connectivity index (χ0) is 40.1. The Hall–Kier alpha value is -3.63. The summed E-state index contributed by atoms with van der Waals surface area (Å²) in [4.78, 5) is 61.5. The molecule has 1 saturated heterocycles. The lowest BCUT2D eigenvalue weighted by Crippen LogP contribution is -2.54. The number of benzene rings is 1. The molecule has 19 nitrogen and oxygen atoms in total. The number of amides is 4. The highest BCUT2D eigenvalue weighted by molar-refractivity contribution is 6.25. The molecular weight excluding hydrogens is 742 g/mol. The Morgan fingerprint density at radius 1 is 0.607 bits per heavy atom. The molecule has 0 saturated carbocycles. The molecule has 2 heterocycles. The molecule has 56 heavy (non-hydrogen) atoms. The summed E-state index contributed by atoms with van der Waals surface area (Å²) in [5, 5.41) is 5.32. The number of anilines is 1. The smallest absolute Gasteiger partial charge is 0.302 e. The number of piperidine rings is 1. The monoisotopic (exact) mass is 799 g/mol. The first-order chi connectivity index (χ1) is 27.4. The van der Waals surface area contributed by atoms with Crippen molar-refractivity contribution in [2.45, 2.75) is 25.8 Å². The molecule has 2 aliphatic heterocycles. The maximum Gasteiger partial charge on any atom is 0.302 e. The van der Waals surface area contributed by atoms with E-state index < -0.39 is 29.7 Å². The Morgan fingerprint density at radius 3 is 1.43 bits per heavy atom. The van der Waals surface area contributed by atoms with Crippen LogP contribution in [-0.4, -0.2) is 186 Å². The third kappa shape index (κ3) is 19.0. The summed E-state index contributed by atoms with van der Waals surface area (Å²) >= 11 is 0. The number of fused-ring (bicyclic) bond motifs is 1. The van der Waals surface area contributed by atoms with E-state index in [1.165, 1.54) is 6.92 Å². The highest BCUT2D eigenvalue weighted by Crippen LogP contribution is 2.32. The lowest BCUT2D eigenvalue weighted by molar-refractivity contribution is -0.142. The minimum Gasteiger partial charge on any atom is -0.463 e. The first-order valence-corrected chi connectivity index (χ1v) is 18.9. The van der Waals surface area contributed by atoms with Crippen molar-refractivity contribution in [1.82, 2.24) is 10.2 Å². The number of nitrogens with one attached hydrogen (secondary N) is 2. The van der Waals surface area contributed by atoms with Crippen molar-refractivity contribution < 1.29 is 76.1 Å². The van der Waals surface area contributed by atoms with Crippen LogP contribution in [0.3, 0.4) is 0 Å². The number of carbonyl (C=O) groups is 5. The maximum atomic E-state index is 13.2. The van der Waals surface area contributed by atoms with E-state index in [4.69, 9.17) is 52.1 Å². The molecule has 316 valence electrons. The predicted octanol–water partition coefficient (Wildman–Crippen LogP) is 0.229. The van der Waals surface area contributed by atoms with Crippen molar-refractivity contribution in [2.75, 3.05) is 151 Å². The summed E-state index contributed by atoms with van der Waals surface area (Å²) in [7, 11) is 0. The molecule has 2 N–H and O–H groups in total. The van der Waals surface area contributed by atoms with E-state index in [-0.39, 0.29) is 36.5 Å². The molecule has 2 aliphatic rings. The molecular formula is C37H57N3O16. The highest BCUT2D eigenvalue weighted by atomic mass is 16.6. The summed E-state index contributed by atoms with van der Waals surface area (Å²) in [5.74, 6) is -2.50. The van der Waals surface area contributed by atoms with Crippen molar-refractivity contribution >= 4 is 35.3 Å². The molecule has 3 rings (SSSR count). The van der Waals surface area contributed by atoms with Crippen LogP contribution in [0.4, 0.5) is 5.69 Å². The zero-order valence-electron chi connectivity index (χ0n) is 32.3. The lowest BCUT2D eigenvalue weighted by Gasteiger charge is -2.27. The number of hydrogen-bond acceptors (Lipinski definition) is 17. The zero-order valence-corrected chi connectivity index (χ0v) is 32.3. The van der Waals surface area contributed by atoms with E-state index in [9.17, 15) is 24.0 Å². The van der Waals surface area contributed by atoms with Gasteiger partial charge in [0, 0.05) is 25.6 Å². The van der Waals surface area contributed by atoms with Gasteiger partial charge in [-0.2, -0.15) is 0 Å². The van der Waals surface area contributed by atoms with E-state index in [0.717, 1.165) is 4.90 Å². The Kier molecular flexibility index (Phi) is 24.7. The minimum absolute atomic E-state index is 0.0627. The van der Waals surface area contributed by atoms with Gasteiger partial charge in [0.1, 0.15) is 12.6 Å². The third-order valence-electron chi connectivity index (χ3n) is 7.91. The first-order valence-electron chi connectivity index (χ1n) is 18.9. The molecule has 1 unspecified atom stereocenters. The van der Waals surface area contributed by atoms with Crippen molar-refractivity contribution in [3.05, 3.63) is 29.3 Å². The average molecular weight is 800 g/mol. The summed E-state index contributed by atoms with van der Waals surface area (Å²) in [6, 6.07) is 3.89. The number of carbonyl (C=O) groups excluding carboxylic acids is 5. The number of rotatable bonds is 35. The normalized spacial score (nSPS) is 15.4. The van der Waals surface area contributed by atoms with E-state index in [0.29, 0.717) is 144 Å². The van der Waals surface area contributed by atoms with Gasteiger partial charge in [-0.15, -0.1) is 0 Å². The van der Waals surface area contributed by atoms with Gasteiger partial charge in [0.25, 0.3) is 11.8 Å². The van der Waals surface area contributed by atoms with Gasteiger partial charge in [-0.1, -0.05) is 6.07 Å². The maximum absolute atomic E-state index is 13.2. The van der Waals surface area contributed by atoms with Crippen LogP contribution in [0.5, 0.6) is 0 Å². The van der Waals surface area contributed by atoms with E-state index in [1.54, 1.807) is 18.2 Å². The summed E-state index contributed by atoms with van der Waals surface area (Å²) in [6.45, 7) is 10.6. The topological polar surface area (TPSA) is 214 Å². The second-order valence-corrected chi connectivity index (χ2v) is 12.1. The van der Waals surface area contributed by atoms with Crippen LogP contribution in [-0.2, 0) is 66.5 Å². The fraction of sp³-hybridized carbons (Fsp3) is 0.703. The van der Waals surface area contributed by atoms with Crippen LogP contribution in [0.1, 0.15) is 40.5 Å². The van der Waals surface area contributed by atoms with Crippen molar-refractivity contribution in [1.29, 1.82) is 0 Å². The Balaban J connectivity index is 1.00. The van der Waals surface area contributed by atoms with E-state index in [1.807, 2.05) is 0 Å². The van der Waals surface area contributed by atoms with Crippen LogP contribution < -0.4 is 10.6 Å². The molecule has 4 amide bonds. The van der Waals surface area contributed by atoms with E-state index in [2.05, 4.69) is 10.6 Å². The lowest BCUT2D eigenvalue weighted by atomic mass is 10.0. The van der Waals surface area contributed by atoms with Crippen molar-refractivity contribution in [2.24, 2.45) is 0 Å². The number of esters is 1. The number of hydrogen-bond donors (Lipinski definition) is 2. The molecule has 1 aromatic carbocycles. The SMILES string of the molecule is CC(=O)OCCOCCOCCOCCOCCOCCOCCOCCOCCOCCOCCNc1cccc2c1C(=O)N(C1CCC(=O)NC1=O)C2=O. The van der Waals surface area contributed by atoms with Gasteiger partial charge < -0.3 is 57.4 Å². The second kappa shape index (κ2) is 29.6. The van der Waals surface area contributed by atoms with Crippen LogP contribution in [0.25, 0.3) is 0 Å². The number of nitrogens with zero attached hydrogens (tertiary/aromatic N) is 1. The molecule has 0 aromatic heterocycles. The van der Waals surface area contributed by atoms with Crippen molar-refractivity contribution in [3.8, 4) is 0 Å². The van der Waals surface area contributed by atoms with Crippen LogP contribution in [0.15, 0.2) is 18.2 Å². The highest BCUT2D eigenvalue weighted by Gasteiger charge is 2.45. The van der Waals surface area contributed by atoms with Crippen LogP contribution in [0.2, 0.25) is 0 Å². The molecule has 0 radical (unpaired) electrons. The Labute approximate surface area is 327 Å². The molecule has 0 bridgehead atoms. The van der Waals surface area contributed by atoms with Gasteiger partial charge in [-0.3, -0.25) is 34.2 Å². The fourth-order valence-electron chi connectivity index (χ4n) is 5.25. The van der Waals surface area contributed by atoms with Crippen LogP contribution >= 0.6 is 0 Å². The minimum atomic E-state index is -1.01. The Bertz CT molecular complexity index is 1320. The van der Waals surface area contributed by atoms with Gasteiger partial charge in [0.15, 0.2) is 0 Å². The second-order valence-electron chi connectivity index (χ2n) is 12.1. The molecule has 1 fully saturated rings. The number of ether oxygens (including phenoxy) is 11. The summed E-state index contributed by atoms with van der Waals surface area (Å²) < 4.78 is 59.3. The average Bonchev–Trinajstić information content (AvgIpc) is 3.43. The van der Waals surface area contributed by atoms with Gasteiger partial charge in [0.2, 0.25) is 11.8 Å². The Morgan fingerprint density at radius 2 is 1.02 bits per heavy atom. The molecule has 1 atom stereocenters. The summed E-state index contributed by atoms with van der Waals surface area (Å²) in [6.07, 6.45) is 0.163. The summed E-state index contributed by atoms with van der Waals surface area (Å²) in [5.41, 5.74) is 0.896. The molecule has 0 aliphatic carbocycles. The first kappa shape index (κ1) is 46.8. The largest absolute Gasteiger partial charge is 0.463 e. The van der Waals surface area contributed by atoms with E-state index >= 15 is 0 Å². The molecule has 0 spiro atoms. The quantitative estimate of drug-likeness (QED) is 0.0534. The molecule has 19 heteroatoms. The molecule has 1 aromatic rings. The predicted molar refractivity (Wildman–Crippen MR) is 196 cm³/mol. The van der Waals surface area contributed by atoms with Gasteiger partial charge in [-0.25, -0.2) is 0 Å². The van der Waals surface area contributed by atoms with Crippen molar-refractivity contribution in [3.63, 3.8) is 0 Å². The third-order valence-corrected chi connectivity index (χ3v) is 7.91. The standard InChI is InChI=1S/C37H57N3O16/c1-29(41)56-28-27-55-26-25-54-24-23-53-22-21-52-20-19-51-18-17-50-16-15-49-14-13-48-12-11-47-10-9-46-8-7-38-31-4-2-3-30-34(31)37(45)40(36(30)44)32-5-6-33(42)39-35(32)43/h2-4,32,38H,5-28H2,1H3,(H,39,42,43). The van der Waals surface area contributed by atoms with Crippen LogP contribution in [0, 0.1) is 0 Å². The van der Waals surface area contributed by atoms with Gasteiger partial charge in [-0.05, 0) is 18.6 Å². The fourth-order valence-corrected chi connectivity index (χ4v) is 5.25.